The minimum absolute atomic E-state index is 0.0202. The molecule has 7 heteroatoms. The zero-order valence-corrected chi connectivity index (χ0v) is 15.2. The SMILES string of the molecule is Cc1ccc(Cl)cc1NC(=O)CC(=O)N1C[C@H]2CCCN2C(=O)[C@@H]1C. The van der Waals surface area contributed by atoms with Gasteiger partial charge in [0.2, 0.25) is 17.7 Å². The number of amides is 3. The van der Waals surface area contributed by atoms with Gasteiger partial charge in [0.05, 0.1) is 0 Å². The standard InChI is InChI=1S/C18H22ClN3O3/c1-11-5-6-13(19)8-15(11)20-16(23)9-17(24)22-10-14-4-3-7-21(14)18(25)12(22)2/h5-6,8,12,14H,3-4,7,9-10H2,1-2H3,(H,20,23)/t12-,14+/m0/s1. The van der Waals surface area contributed by atoms with Gasteiger partial charge in [-0.1, -0.05) is 17.7 Å². The highest BCUT2D eigenvalue weighted by molar-refractivity contribution is 6.31. The summed E-state index contributed by atoms with van der Waals surface area (Å²) in [7, 11) is 0. The molecule has 0 radical (unpaired) electrons. The molecule has 0 bridgehead atoms. The molecule has 1 aromatic carbocycles. The molecule has 0 unspecified atom stereocenters. The molecular weight excluding hydrogens is 342 g/mol. The monoisotopic (exact) mass is 363 g/mol. The first kappa shape index (κ1) is 17.7. The minimum atomic E-state index is -0.512. The van der Waals surface area contributed by atoms with E-state index in [0.717, 1.165) is 24.9 Å². The highest BCUT2D eigenvalue weighted by Gasteiger charge is 2.42. The first-order valence-corrected chi connectivity index (χ1v) is 8.90. The summed E-state index contributed by atoms with van der Waals surface area (Å²) in [6, 6.07) is 4.78. The van der Waals surface area contributed by atoms with E-state index in [-0.39, 0.29) is 24.3 Å². The summed E-state index contributed by atoms with van der Waals surface area (Å²) in [5.74, 6) is -0.735. The van der Waals surface area contributed by atoms with Crippen molar-refractivity contribution in [2.75, 3.05) is 18.4 Å². The van der Waals surface area contributed by atoms with Gasteiger partial charge in [0.25, 0.3) is 0 Å². The molecule has 25 heavy (non-hydrogen) atoms. The summed E-state index contributed by atoms with van der Waals surface area (Å²) >= 11 is 5.95. The van der Waals surface area contributed by atoms with Crippen LogP contribution in [0.5, 0.6) is 0 Å². The number of aryl methyl sites for hydroxylation is 1. The number of hydrogen-bond donors (Lipinski definition) is 1. The number of nitrogens with zero attached hydrogens (tertiary/aromatic N) is 2. The Bertz CT molecular complexity index is 722. The van der Waals surface area contributed by atoms with Crippen LogP contribution in [0.4, 0.5) is 5.69 Å². The van der Waals surface area contributed by atoms with Gasteiger partial charge >= 0.3 is 0 Å². The third kappa shape index (κ3) is 3.63. The van der Waals surface area contributed by atoms with Crippen molar-refractivity contribution < 1.29 is 14.4 Å². The summed E-state index contributed by atoms with van der Waals surface area (Å²) in [5, 5.41) is 3.24. The lowest BCUT2D eigenvalue weighted by atomic mass is 10.1. The zero-order valence-electron chi connectivity index (χ0n) is 14.4. The highest BCUT2D eigenvalue weighted by atomic mass is 35.5. The maximum Gasteiger partial charge on any atom is 0.245 e. The van der Waals surface area contributed by atoms with Crippen LogP contribution in [0, 0.1) is 6.92 Å². The molecule has 134 valence electrons. The second-order valence-corrected chi connectivity index (χ2v) is 7.17. The van der Waals surface area contributed by atoms with E-state index in [1.54, 1.807) is 30.0 Å². The first-order valence-electron chi connectivity index (χ1n) is 8.53. The molecular formula is C18H22ClN3O3. The third-order valence-electron chi connectivity index (χ3n) is 5.00. The molecule has 0 spiro atoms. The predicted octanol–water partition coefficient (Wildman–Crippen LogP) is 2.20. The summed E-state index contributed by atoms with van der Waals surface area (Å²) in [6.45, 7) is 4.86. The molecule has 3 amide bonds. The van der Waals surface area contributed by atoms with Crippen molar-refractivity contribution in [3.63, 3.8) is 0 Å². The van der Waals surface area contributed by atoms with Gasteiger partial charge in [-0.3, -0.25) is 14.4 Å². The molecule has 3 rings (SSSR count). The number of carbonyl (C=O) groups is 3. The molecule has 1 N–H and O–H groups in total. The molecule has 0 saturated carbocycles. The van der Waals surface area contributed by atoms with Crippen LogP contribution >= 0.6 is 11.6 Å². The van der Waals surface area contributed by atoms with Gasteiger partial charge in [-0.2, -0.15) is 0 Å². The highest BCUT2D eigenvalue weighted by Crippen LogP contribution is 2.26. The number of piperazine rings is 1. The van der Waals surface area contributed by atoms with Crippen LogP contribution in [0.3, 0.4) is 0 Å². The average Bonchev–Trinajstić information content (AvgIpc) is 3.03. The molecule has 2 fully saturated rings. The van der Waals surface area contributed by atoms with Crippen LogP contribution in [0.15, 0.2) is 18.2 Å². The van der Waals surface area contributed by atoms with Gasteiger partial charge in [0.1, 0.15) is 12.5 Å². The second-order valence-electron chi connectivity index (χ2n) is 6.73. The van der Waals surface area contributed by atoms with E-state index in [2.05, 4.69) is 5.32 Å². The van der Waals surface area contributed by atoms with Crippen molar-refractivity contribution in [2.24, 2.45) is 0 Å². The Morgan fingerprint density at radius 3 is 2.88 bits per heavy atom. The normalized spacial score (nSPS) is 22.8. The van der Waals surface area contributed by atoms with Crippen LogP contribution in [0.2, 0.25) is 5.02 Å². The largest absolute Gasteiger partial charge is 0.336 e. The number of rotatable bonds is 3. The number of anilines is 1. The number of fused-ring (bicyclic) bond motifs is 1. The number of nitrogens with one attached hydrogen (secondary N) is 1. The van der Waals surface area contributed by atoms with E-state index in [9.17, 15) is 14.4 Å². The Kier molecular flexibility index (Phi) is 4.99. The summed E-state index contributed by atoms with van der Waals surface area (Å²) in [6.07, 6.45) is 1.60. The van der Waals surface area contributed by atoms with E-state index in [0.29, 0.717) is 17.3 Å². The lowest BCUT2D eigenvalue weighted by molar-refractivity contribution is -0.153. The number of hydrogen-bond acceptors (Lipinski definition) is 3. The summed E-state index contributed by atoms with van der Waals surface area (Å²) < 4.78 is 0. The van der Waals surface area contributed by atoms with Gasteiger partial charge in [-0.25, -0.2) is 0 Å². The quantitative estimate of drug-likeness (QED) is 0.837. The van der Waals surface area contributed by atoms with E-state index >= 15 is 0 Å². The van der Waals surface area contributed by atoms with Gasteiger partial charge in [-0.05, 0) is 44.4 Å². The average molecular weight is 364 g/mol. The van der Waals surface area contributed by atoms with Crippen LogP contribution < -0.4 is 5.32 Å². The predicted molar refractivity (Wildman–Crippen MR) is 95.3 cm³/mol. The van der Waals surface area contributed by atoms with E-state index in [1.165, 1.54) is 0 Å². The van der Waals surface area contributed by atoms with Gasteiger partial charge < -0.3 is 15.1 Å². The Morgan fingerprint density at radius 1 is 1.36 bits per heavy atom. The fourth-order valence-electron chi connectivity index (χ4n) is 3.55. The van der Waals surface area contributed by atoms with Crippen molar-refractivity contribution in [1.82, 2.24) is 9.80 Å². The topological polar surface area (TPSA) is 69.7 Å². The Morgan fingerprint density at radius 2 is 2.12 bits per heavy atom. The Hall–Kier alpha value is -2.08. The van der Waals surface area contributed by atoms with Gasteiger partial charge in [0, 0.05) is 29.8 Å². The molecule has 2 heterocycles. The lowest BCUT2D eigenvalue weighted by Gasteiger charge is -2.41. The molecule has 2 atom stereocenters. The molecule has 0 aromatic heterocycles. The maximum absolute atomic E-state index is 12.6. The Labute approximate surface area is 152 Å². The van der Waals surface area contributed by atoms with Gasteiger partial charge in [0.15, 0.2) is 0 Å². The second kappa shape index (κ2) is 7.04. The number of halogens is 1. The van der Waals surface area contributed by atoms with Crippen LogP contribution in [0.1, 0.15) is 31.7 Å². The molecule has 1 aromatic rings. The molecule has 2 saturated heterocycles. The maximum atomic E-state index is 12.6. The first-order chi connectivity index (χ1) is 11.9. The van der Waals surface area contributed by atoms with E-state index in [4.69, 9.17) is 11.6 Å². The number of carbonyl (C=O) groups excluding carboxylic acids is 3. The fourth-order valence-corrected chi connectivity index (χ4v) is 3.73. The van der Waals surface area contributed by atoms with E-state index in [1.807, 2.05) is 11.8 Å². The summed E-state index contributed by atoms with van der Waals surface area (Å²) in [4.78, 5) is 40.6. The van der Waals surface area contributed by atoms with Crippen molar-refractivity contribution in [3.8, 4) is 0 Å². The lowest BCUT2D eigenvalue weighted by Crippen LogP contribution is -2.60. The fraction of sp³-hybridized carbons (Fsp3) is 0.500. The minimum Gasteiger partial charge on any atom is -0.336 e. The Balaban J connectivity index is 1.64. The van der Waals surface area contributed by atoms with Crippen LogP contribution in [-0.4, -0.2) is 52.7 Å². The number of benzene rings is 1. The van der Waals surface area contributed by atoms with Crippen LogP contribution in [-0.2, 0) is 14.4 Å². The molecule has 6 nitrogen and oxygen atoms in total. The molecule has 0 aliphatic carbocycles. The molecule has 2 aliphatic heterocycles. The zero-order chi connectivity index (χ0) is 18.1. The smallest absolute Gasteiger partial charge is 0.245 e. The van der Waals surface area contributed by atoms with Crippen LogP contribution in [0.25, 0.3) is 0 Å². The third-order valence-corrected chi connectivity index (χ3v) is 5.23. The van der Waals surface area contributed by atoms with Crippen molar-refractivity contribution in [3.05, 3.63) is 28.8 Å². The van der Waals surface area contributed by atoms with Gasteiger partial charge in [-0.15, -0.1) is 0 Å². The summed E-state index contributed by atoms with van der Waals surface area (Å²) in [5.41, 5.74) is 1.46. The van der Waals surface area contributed by atoms with E-state index < -0.39 is 11.9 Å². The van der Waals surface area contributed by atoms with Crippen molar-refractivity contribution in [1.29, 1.82) is 0 Å². The molecule has 2 aliphatic rings. The van der Waals surface area contributed by atoms with Crippen molar-refractivity contribution >= 4 is 35.0 Å². The van der Waals surface area contributed by atoms with Crippen molar-refractivity contribution in [2.45, 2.75) is 45.2 Å².